The molecule has 2 aromatic rings. The van der Waals surface area contributed by atoms with E-state index in [0.29, 0.717) is 44.2 Å². The van der Waals surface area contributed by atoms with Crippen molar-refractivity contribution in [1.82, 2.24) is 9.21 Å². The lowest BCUT2D eigenvalue weighted by Crippen LogP contribution is -3.15. The molecule has 0 aromatic heterocycles. The van der Waals surface area contributed by atoms with E-state index in [1.54, 1.807) is 49.4 Å². The number of nitrogens with one attached hydrogen (secondary N) is 1. The summed E-state index contributed by atoms with van der Waals surface area (Å²) in [6, 6.07) is 16.1. The number of amides is 1. The van der Waals surface area contributed by atoms with Crippen molar-refractivity contribution in [2.24, 2.45) is 0 Å². The average molecular weight is 419 g/mol. The number of methoxy groups -OCH3 is 1. The van der Waals surface area contributed by atoms with Gasteiger partial charge in [-0.05, 0) is 29.8 Å². The number of carbonyl (C=O) groups is 1. The van der Waals surface area contributed by atoms with Gasteiger partial charge in [0.15, 0.2) is 6.54 Å². The Hall–Kier alpha value is -2.42. The Labute approximate surface area is 172 Å². The van der Waals surface area contributed by atoms with Crippen molar-refractivity contribution in [1.29, 1.82) is 0 Å². The van der Waals surface area contributed by atoms with Crippen LogP contribution in [0.1, 0.15) is 5.56 Å². The average Bonchev–Trinajstić information content (AvgIpc) is 2.75. The van der Waals surface area contributed by atoms with Crippen LogP contribution in [0.2, 0.25) is 0 Å². The SMILES string of the molecule is COc1ccc(CN(C)C(=O)C[NH+]2CCN(S(=O)(=O)c3ccccc3)CC2)cc1. The normalized spacial score (nSPS) is 15.8. The van der Waals surface area contributed by atoms with Crippen molar-refractivity contribution < 1.29 is 22.8 Å². The predicted molar refractivity (Wildman–Crippen MR) is 110 cm³/mol. The first-order valence-electron chi connectivity index (χ1n) is 9.66. The highest BCUT2D eigenvalue weighted by Crippen LogP contribution is 2.15. The summed E-state index contributed by atoms with van der Waals surface area (Å²) in [5, 5.41) is 0. The molecule has 29 heavy (non-hydrogen) atoms. The molecule has 7 nitrogen and oxygen atoms in total. The highest BCUT2D eigenvalue weighted by molar-refractivity contribution is 7.89. The van der Waals surface area contributed by atoms with Crippen molar-refractivity contribution in [3.8, 4) is 5.75 Å². The summed E-state index contributed by atoms with van der Waals surface area (Å²) in [5.41, 5.74) is 1.04. The van der Waals surface area contributed by atoms with Crippen LogP contribution in [0.5, 0.6) is 5.75 Å². The van der Waals surface area contributed by atoms with Gasteiger partial charge < -0.3 is 14.5 Å². The molecule has 0 saturated carbocycles. The Kier molecular flexibility index (Phi) is 6.89. The molecule has 156 valence electrons. The highest BCUT2D eigenvalue weighted by atomic mass is 32.2. The summed E-state index contributed by atoms with van der Waals surface area (Å²) < 4.78 is 32.1. The maximum Gasteiger partial charge on any atom is 0.277 e. The van der Waals surface area contributed by atoms with Crippen LogP contribution in [0.25, 0.3) is 0 Å². The fourth-order valence-electron chi connectivity index (χ4n) is 3.40. The van der Waals surface area contributed by atoms with E-state index >= 15 is 0 Å². The van der Waals surface area contributed by atoms with Crippen molar-refractivity contribution in [3.05, 3.63) is 60.2 Å². The van der Waals surface area contributed by atoms with Crippen molar-refractivity contribution in [2.45, 2.75) is 11.4 Å². The number of benzene rings is 2. The molecule has 0 spiro atoms. The molecule has 0 atom stereocenters. The number of ether oxygens (including phenoxy) is 1. The summed E-state index contributed by atoms with van der Waals surface area (Å²) in [7, 11) is -0.0453. The zero-order valence-corrected chi connectivity index (χ0v) is 17.7. The summed E-state index contributed by atoms with van der Waals surface area (Å²) in [6.45, 7) is 2.98. The molecule has 1 amide bonds. The van der Waals surface area contributed by atoms with Gasteiger partial charge in [-0.1, -0.05) is 30.3 Å². The second-order valence-electron chi connectivity index (χ2n) is 7.24. The van der Waals surface area contributed by atoms with Crippen LogP contribution in [0, 0.1) is 0 Å². The monoisotopic (exact) mass is 418 g/mol. The van der Waals surface area contributed by atoms with E-state index < -0.39 is 10.0 Å². The third-order valence-electron chi connectivity index (χ3n) is 5.22. The number of rotatable bonds is 7. The van der Waals surface area contributed by atoms with E-state index in [1.807, 2.05) is 24.3 Å². The van der Waals surface area contributed by atoms with Gasteiger partial charge in [-0.3, -0.25) is 4.79 Å². The molecule has 0 unspecified atom stereocenters. The maximum absolute atomic E-state index is 12.7. The smallest absolute Gasteiger partial charge is 0.277 e. The minimum atomic E-state index is -3.46. The topological polar surface area (TPSA) is 71.4 Å². The van der Waals surface area contributed by atoms with Crippen LogP contribution < -0.4 is 9.64 Å². The molecule has 0 bridgehead atoms. The fraction of sp³-hybridized carbons (Fsp3) is 0.381. The largest absolute Gasteiger partial charge is 0.497 e. The van der Waals surface area contributed by atoms with Gasteiger partial charge in [-0.25, -0.2) is 8.42 Å². The van der Waals surface area contributed by atoms with Gasteiger partial charge in [0, 0.05) is 13.6 Å². The molecule has 1 aliphatic rings. The van der Waals surface area contributed by atoms with Crippen LogP contribution in [0.15, 0.2) is 59.5 Å². The number of sulfonamides is 1. The van der Waals surface area contributed by atoms with Gasteiger partial charge >= 0.3 is 0 Å². The van der Waals surface area contributed by atoms with Gasteiger partial charge in [0.05, 0.1) is 38.2 Å². The first-order valence-corrected chi connectivity index (χ1v) is 11.1. The molecule has 1 saturated heterocycles. The maximum atomic E-state index is 12.7. The fourth-order valence-corrected chi connectivity index (χ4v) is 4.87. The summed E-state index contributed by atoms with van der Waals surface area (Å²) >= 11 is 0. The number of hydrogen-bond acceptors (Lipinski definition) is 4. The lowest BCUT2D eigenvalue weighted by atomic mass is 10.2. The van der Waals surface area contributed by atoms with Gasteiger partial charge in [-0.2, -0.15) is 4.31 Å². The lowest BCUT2D eigenvalue weighted by molar-refractivity contribution is -0.896. The number of likely N-dealkylation sites (N-methyl/N-ethyl adjacent to an activating group) is 1. The molecular formula is C21H28N3O4S+. The van der Waals surface area contributed by atoms with Gasteiger partial charge in [-0.15, -0.1) is 0 Å². The lowest BCUT2D eigenvalue weighted by Gasteiger charge is -2.32. The number of carbonyl (C=O) groups excluding carboxylic acids is 1. The summed E-state index contributed by atoms with van der Waals surface area (Å²) in [4.78, 5) is 15.7. The summed E-state index contributed by atoms with van der Waals surface area (Å²) in [5.74, 6) is 0.839. The first-order chi connectivity index (χ1) is 13.9. The molecule has 1 heterocycles. The minimum absolute atomic E-state index is 0.0511. The van der Waals surface area contributed by atoms with Crippen LogP contribution in [-0.4, -0.2) is 70.4 Å². The highest BCUT2D eigenvalue weighted by Gasteiger charge is 2.31. The quantitative estimate of drug-likeness (QED) is 0.700. The Morgan fingerprint density at radius 2 is 1.69 bits per heavy atom. The Balaban J connectivity index is 1.50. The van der Waals surface area contributed by atoms with E-state index in [-0.39, 0.29) is 5.91 Å². The van der Waals surface area contributed by atoms with Gasteiger partial charge in [0.1, 0.15) is 5.75 Å². The molecule has 1 aliphatic heterocycles. The van der Waals surface area contributed by atoms with E-state index in [4.69, 9.17) is 4.74 Å². The van der Waals surface area contributed by atoms with E-state index in [9.17, 15) is 13.2 Å². The molecule has 1 fully saturated rings. The second-order valence-corrected chi connectivity index (χ2v) is 9.18. The van der Waals surface area contributed by atoms with Crippen molar-refractivity contribution in [2.75, 3.05) is 46.9 Å². The standard InChI is InChI=1S/C21H27N3O4S/c1-22(16-18-8-10-19(28-2)11-9-18)21(25)17-23-12-14-24(15-13-23)29(26,27)20-6-4-3-5-7-20/h3-11H,12-17H2,1-2H3/p+1. The van der Waals surface area contributed by atoms with Crippen LogP contribution >= 0.6 is 0 Å². The number of piperazine rings is 1. The molecule has 1 N–H and O–H groups in total. The van der Waals surface area contributed by atoms with Crippen LogP contribution in [-0.2, 0) is 21.4 Å². The molecule has 2 aromatic carbocycles. The van der Waals surface area contributed by atoms with E-state index in [0.717, 1.165) is 16.2 Å². The minimum Gasteiger partial charge on any atom is -0.497 e. The molecule has 0 aliphatic carbocycles. The summed E-state index contributed by atoms with van der Waals surface area (Å²) in [6.07, 6.45) is 0. The number of quaternary nitrogens is 1. The Morgan fingerprint density at radius 3 is 2.28 bits per heavy atom. The van der Waals surface area contributed by atoms with Crippen molar-refractivity contribution >= 4 is 15.9 Å². The Morgan fingerprint density at radius 1 is 1.07 bits per heavy atom. The predicted octanol–water partition coefficient (Wildman–Crippen LogP) is 0.243. The second kappa shape index (κ2) is 9.39. The van der Waals surface area contributed by atoms with Gasteiger partial charge in [0.25, 0.3) is 5.91 Å². The van der Waals surface area contributed by atoms with Crippen LogP contribution in [0.3, 0.4) is 0 Å². The molecule has 8 heteroatoms. The molecule has 0 radical (unpaired) electrons. The van der Waals surface area contributed by atoms with Gasteiger partial charge in [0.2, 0.25) is 10.0 Å². The van der Waals surface area contributed by atoms with E-state index in [1.165, 1.54) is 4.31 Å². The third kappa shape index (κ3) is 5.35. The zero-order valence-electron chi connectivity index (χ0n) is 16.9. The first kappa shape index (κ1) is 21.3. The number of nitrogens with zero attached hydrogens (tertiary/aromatic N) is 2. The zero-order chi connectivity index (χ0) is 20.9. The Bertz CT molecular complexity index is 909. The van der Waals surface area contributed by atoms with Crippen LogP contribution in [0.4, 0.5) is 0 Å². The molecule has 3 rings (SSSR count). The number of hydrogen-bond donors (Lipinski definition) is 1. The van der Waals surface area contributed by atoms with E-state index in [2.05, 4.69) is 0 Å². The van der Waals surface area contributed by atoms with Crippen molar-refractivity contribution in [3.63, 3.8) is 0 Å². The third-order valence-corrected chi connectivity index (χ3v) is 7.13. The molecular weight excluding hydrogens is 390 g/mol.